The molecule has 0 saturated heterocycles. The van der Waals surface area contributed by atoms with E-state index >= 15 is 0 Å². The van der Waals surface area contributed by atoms with Crippen molar-refractivity contribution in [1.29, 1.82) is 0 Å². The normalized spacial score (nSPS) is 14.1. The van der Waals surface area contributed by atoms with E-state index in [1.54, 1.807) is 0 Å². The van der Waals surface area contributed by atoms with E-state index in [-0.39, 0.29) is 22.3 Å². The first kappa shape index (κ1) is 17.0. The zero-order valence-corrected chi connectivity index (χ0v) is 11.5. The van der Waals surface area contributed by atoms with Crippen LogP contribution in [0.4, 0.5) is 0 Å². The molecule has 0 aliphatic carbocycles. The van der Waals surface area contributed by atoms with Gasteiger partial charge in [-0.3, -0.25) is 0 Å². The van der Waals surface area contributed by atoms with Crippen LogP contribution in [0, 0.1) is 0 Å². The third-order valence-corrected chi connectivity index (χ3v) is 9.17. The standard InChI is InChI=1S/C7H16O2PS2.Cu/c1-4-5-6-12(7(2)3)10(8,9)11;/h7H,4-6H2,1-3H3;/q-3;+2. The first-order valence-corrected chi connectivity index (χ1v) is 8.82. The maximum atomic E-state index is 11.1. The topological polar surface area (TPSA) is 46.1 Å². The van der Waals surface area contributed by atoms with Crippen LogP contribution >= 0.6 is 5.69 Å². The molecular formula is C7H16CuO2PS2-. The molecule has 0 amide bonds. The molecule has 0 heterocycles. The second-order valence-electron chi connectivity index (χ2n) is 2.95. The zero-order valence-electron chi connectivity index (χ0n) is 8.08. The molecule has 1 radical (unpaired) electrons. The molecule has 0 saturated carbocycles. The van der Waals surface area contributed by atoms with Crippen LogP contribution in [0.2, 0.25) is 0 Å². The van der Waals surface area contributed by atoms with Crippen molar-refractivity contribution >= 4 is 28.0 Å². The molecule has 2 nitrogen and oxygen atoms in total. The Morgan fingerprint density at radius 3 is 2.08 bits per heavy atom. The van der Waals surface area contributed by atoms with E-state index in [0.717, 1.165) is 18.6 Å². The molecule has 0 aromatic carbocycles. The fourth-order valence-electron chi connectivity index (χ4n) is 0.898. The molecule has 0 aliphatic heterocycles. The number of hydrogen-bond acceptors (Lipinski definition) is 3. The van der Waals surface area contributed by atoms with Gasteiger partial charge in [-0.25, -0.2) is 10.1 Å². The minimum atomic E-state index is -3.50. The fourth-order valence-corrected chi connectivity index (χ4v) is 7.52. The predicted molar refractivity (Wildman–Crippen MR) is 56.6 cm³/mol. The van der Waals surface area contributed by atoms with Crippen molar-refractivity contribution < 1.29 is 26.9 Å². The molecule has 0 N–H and O–H groups in total. The van der Waals surface area contributed by atoms with Gasteiger partial charge in [-0.15, -0.1) is 0 Å². The third-order valence-electron chi connectivity index (χ3n) is 1.54. The molecule has 0 fully saturated rings. The Labute approximate surface area is 99.2 Å². The van der Waals surface area contributed by atoms with E-state index in [4.69, 9.17) is 0 Å². The molecule has 0 aliphatic rings. The summed E-state index contributed by atoms with van der Waals surface area (Å²) in [6, 6.07) is 0. The molecule has 85 valence electrons. The molecule has 13 heavy (non-hydrogen) atoms. The van der Waals surface area contributed by atoms with E-state index in [1.165, 1.54) is 0 Å². The summed E-state index contributed by atoms with van der Waals surface area (Å²) in [5.41, 5.74) is -3.50. The Kier molecular flexibility index (Phi) is 10.2. The molecule has 0 spiro atoms. The molecular weight excluding hydrogens is 275 g/mol. The van der Waals surface area contributed by atoms with Crippen LogP contribution in [0.3, 0.4) is 0 Å². The van der Waals surface area contributed by atoms with E-state index in [9.17, 15) is 9.79 Å². The fraction of sp³-hybridized carbons (Fsp3) is 1.00. The van der Waals surface area contributed by atoms with Crippen molar-refractivity contribution in [2.75, 3.05) is 5.75 Å². The number of hydrogen-bond donors (Lipinski definition) is 0. The van der Waals surface area contributed by atoms with Crippen molar-refractivity contribution in [1.82, 2.24) is 0 Å². The van der Waals surface area contributed by atoms with Crippen LogP contribution in [-0.4, -0.2) is 11.0 Å². The summed E-state index contributed by atoms with van der Waals surface area (Å²) in [6.07, 6.45) is 2.00. The maximum absolute atomic E-state index is 11.1. The molecule has 0 aromatic heterocycles. The van der Waals surface area contributed by atoms with Gasteiger partial charge in [0.25, 0.3) is 0 Å². The van der Waals surface area contributed by atoms with Crippen LogP contribution in [0.15, 0.2) is 0 Å². The van der Waals surface area contributed by atoms with Gasteiger partial charge in [-0.1, -0.05) is 27.2 Å². The van der Waals surface area contributed by atoms with E-state index in [2.05, 4.69) is 19.2 Å². The molecule has 1 atom stereocenters. The molecule has 1 unspecified atom stereocenters. The van der Waals surface area contributed by atoms with Gasteiger partial charge in [0.2, 0.25) is 0 Å². The van der Waals surface area contributed by atoms with Crippen molar-refractivity contribution in [2.45, 2.75) is 38.9 Å². The molecule has 6 heteroatoms. The first-order chi connectivity index (χ1) is 5.39. The Morgan fingerprint density at radius 1 is 1.38 bits per heavy atom. The van der Waals surface area contributed by atoms with Gasteiger partial charge in [0.15, 0.2) is 0 Å². The van der Waals surface area contributed by atoms with Crippen LogP contribution in [-0.2, 0) is 39.4 Å². The van der Waals surface area contributed by atoms with E-state index < -0.39 is 15.8 Å². The summed E-state index contributed by atoms with van der Waals surface area (Å²) >= 11 is 4.51. The van der Waals surface area contributed by atoms with Crippen LogP contribution in [0.1, 0.15) is 33.6 Å². The summed E-state index contributed by atoms with van der Waals surface area (Å²) in [5, 5.41) is 0.178. The van der Waals surface area contributed by atoms with Gasteiger partial charge in [0, 0.05) is 0 Å². The quantitative estimate of drug-likeness (QED) is 0.436. The minimum absolute atomic E-state index is 0. The third kappa shape index (κ3) is 7.49. The van der Waals surface area contributed by atoms with Gasteiger partial charge in [-0.05, 0) is 17.4 Å². The Morgan fingerprint density at radius 2 is 1.85 bits per heavy atom. The average Bonchev–Trinajstić information content (AvgIpc) is 1.84. The van der Waals surface area contributed by atoms with Crippen molar-refractivity contribution in [3.63, 3.8) is 0 Å². The molecule has 0 rings (SSSR count). The van der Waals surface area contributed by atoms with Crippen molar-refractivity contribution in [3.8, 4) is 0 Å². The van der Waals surface area contributed by atoms with Gasteiger partial charge in [0.05, 0.1) is 0 Å². The van der Waals surface area contributed by atoms with Crippen molar-refractivity contribution in [2.24, 2.45) is 0 Å². The van der Waals surface area contributed by atoms with Crippen LogP contribution in [0.25, 0.3) is 0 Å². The largest absolute Gasteiger partial charge is 2.00 e. The summed E-state index contributed by atoms with van der Waals surface area (Å²) in [7, 11) is -0.579. The monoisotopic (exact) mass is 290 g/mol. The number of rotatable bonds is 4. The molecule has 0 bridgehead atoms. The molecule has 0 aromatic rings. The summed E-state index contributed by atoms with van der Waals surface area (Å²) in [4.78, 5) is 22.3. The second kappa shape index (κ2) is 7.81. The smallest absolute Gasteiger partial charge is 0.854 e. The van der Waals surface area contributed by atoms with Crippen molar-refractivity contribution in [3.05, 3.63) is 0 Å². The second-order valence-corrected chi connectivity index (χ2v) is 11.0. The SMILES string of the molecule is CCCCS(C(C)C)=P([O-])([O-])[S-].[Cu+2]. The Balaban J connectivity index is 0. The summed E-state index contributed by atoms with van der Waals surface area (Å²) in [5.74, 6) is 0.748. The Hall–Kier alpha value is 1.57. The maximum Gasteiger partial charge on any atom is 2.00 e. The zero-order chi connectivity index (χ0) is 9.78. The van der Waals surface area contributed by atoms with Gasteiger partial charge < -0.3 is 27.7 Å². The van der Waals surface area contributed by atoms with Crippen LogP contribution < -0.4 is 9.79 Å². The first-order valence-electron chi connectivity index (χ1n) is 4.12. The minimum Gasteiger partial charge on any atom is -0.854 e. The predicted octanol–water partition coefficient (Wildman–Crippen LogP) is 0.756. The Bertz CT molecular complexity index is 183. The van der Waals surface area contributed by atoms with Gasteiger partial charge in [0.1, 0.15) is 0 Å². The average molecular weight is 291 g/mol. The summed E-state index contributed by atoms with van der Waals surface area (Å²) in [6.45, 7) is 5.91. The number of unbranched alkanes of at least 4 members (excludes halogenated alkanes) is 1. The van der Waals surface area contributed by atoms with Gasteiger partial charge in [-0.2, -0.15) is 0 Å². The van der Waals surface area contributed by atoms with Gasteiger partial charge >= 0.3 is 17.1 Å². The van der Waals surface area contributed by atoms with Crippen LogP contribution in [0.5, 0.6) is 0 Å². The van der Waals surface area contributed by atoms with E-state index in [1.807, 2.05) is 13.8 Å². The summed E-state index contributed by atoms with van der Waals surface area (Å²) < 4.78 is 0. The van der Waals surface area contributed by atoms with E-state index in [0.29, 0.717) is 0 Å².